The van der Waals surface area contributed by atoms with Crippen LogP contribution in [0.2, 0.25) is 0 Å². The molecule has 1 amide bonds. The van der Waals surface area contributed by atoms with Crippen LogP contribution in [0.1, 0.15) is 42.7 Å². The smallest absolute Gasteiger partial charge is 0.323 e. The van der Waals surface area contributed by atoms with E-state index in [0.717, 1.165) is 41.5 Å². The normalized spacial score (nSPS) is 18.9. The number of nitrogens with two attached hydrogens (primary N) is 1. The van der Waals surface area contributed by atoms with Gasteiger partial charge in [-0.2, -0.15) is 0 Å². The Morgan fingerprint density at radius 1 is 1.07 bits per heavy atom. The summed E-state index contributed by atoms with van der Waals surface area (Å²) in [6.45, 7) is 0.786. The Kier molecular flexibility index (Phi) is 6.42. The fourth-order valence-corrected chi connectivity index (χ4v) is 3.97. The number of esters is 1. The highest BCUT2D eigenvalue weighted by molar-refractivity contribution is 5.85. The van der Waals surface area contributed by atoms with E-state index in [0.29, 0.717) is 6.61 Å². The van der Waals surface area contributed by atoms with Gasteiger partial charge in [-0.05, 0) is 35.1 Å². The second-order valence-corrected chi connectivity index (χ2v) is 7.61. The van der Waals surface area contributed by atoms with Gasteiger partial charge in [-0.3, -0.25) is 9.59 Å². The maximum absolute atomic E-state index is 12.4. The molecule has 0 saturated carbocycles. The van der Waals surface area contributed by atoms with Crippen molar-refractivity contribution in [1.29, 1.82) is 0 Å². The second kappa shape index (κ2) is 9.38. The monoisotopic (exact) mass is 410 g/mol. The number of nitrogens with one attached hydrogen (secondary N) is 1. The summed E-state index contributed by atoms with van der Waals surface area (Å²) in [4.78, 5) is 29.6. The zero-order chi connectivity index (χ0) is 20.9. The van der Waals surface area contributed by atoms with Gasteiger partial charge in [-0.15, -0.1) is 0 Å². The van der Waals surface area contributed by atoms with E-state index < -0.39 is 24.2 Å². The van der Waals surface area contributed by atoms with Gasteiger partial charge in [0.2, 0.25) is 5.91 Å². The number of hydrogen-bond donors (Lipinski definition) is 2. The minimum Gasteiger partial charge on any atom is -0.464 e. The third kappa shape index (κ3) is 4.53. The van der Waals surface area contributed by atoms with Gasteiger partial charge >= 0.3 is 5.97 Å². The minimum atomic E-state index is -1.06. The van der Waals surface area contributed by atoms with Crippen molar-refractivity contribution in [3.05, 3.63) is 59.7 Å². The lowest BCUT2D eigenvalue weighted by molar-refractivity contribution is -0.200. The molecule has 0 spiro atoms. The predicted octanol–water partition coefficient (Wildman–Crippen LogP) is 2.63. The predicted molar refractivity (Wildman–Crippen MR) is 110 cm³/mol. The van der Waals surface area contributed by atoms with E-state index >= 15 is 0 Å². The maximum Gasteiger partial charge on any atom is 0.323 e. The molecule has 2 atom stereocenters. The zero-order valence-electron chi connectivity index (χ0n) is 16.7. The highest BCUT2D eigenvalue weighted by Gasteiger charge is 2.30. The zero-order valence-corrected chi connectivity index (χ0v) is 16.7. The number of carbonyl (C=O) groups is 2. The highest BCUT2D eigenvalue weighted by Crippen LogP contribution is 2.44. The average molecular weight is 410 g/mol. The molecule has 1 aliphatic heterocycles. The van der Waals surface area contributed by atoms with Crippen LogP contribution in [0.15, 0.2) is 48.5 Å². The molecule has 2 unspecified atom stereocenters. The molecule has 2 aromatic carbocycles. The van der Waals surface area contributed by atoms with Crippen molar-refractivity contribution < 1.29 is 23.9 Å². The fourth-order valence-electron chi connectivity index (χ4n) is 3.97. The summed E-state index contributed by atoms with van der Waals surface area (Å²) < 4.78 is 10.9. The first-order valence-corrected chi connectivity index (χ1v) is 10.3. The van der Waals surface area contributed by atoms with Gasteiger partial charge in [0.05, 0.1) is 6.42 Å². The van der Waals surface area contributed by atoms with Crippen molar-refractivity contribution in [2.24, 2.45) is 5.73 Å². The molecular weight excluding hydrogens is 384 g/mol. The van der Waals surface area contributed by atoms with E-state index in [1.807, 2.05) is 36.4 Å². The molecule has 0 bridgehead atoms. The summed E-state index contributed by atoms with van der Waals surface area (Å²) in [6, 6.07) is 15.1. The number of fused-ring (bicyclic) bond motifs is 3. The quantitative estimate of drug-likeness (QED) is 0.538. The SMILES string of the molecule is NC(CC(=O)NOC1CCCCO1)C(=O)OCC1c2ccccc2-c2ccccc21. The minimum absolute atomic E-state index is 0.0471. The summed E-state index contributed by atoms with van der Waals surface area (Å²) in [6.07, 6.45) is 2.02. The van der Waals surface area contributed by atoms with Gasteiger partial charge in [0.15, 0.2) is 6.29 Å². The van der Waals surface area contributed by atoms with E-state index in [1.165, 1.54) is 0 Å². The van der Waals surface area contributed by atoms with Crippen molar-refractivity contribution in [2.75, 3.05) is 13.2 Å². The molecule has 1 fully saturated rings. The summed E-state index contributed by atoms with van der Waals surface area (Å²) in [5, 5.41) is 0. The number of hydrogen-bond acceptors (Lipinski definition) is 6. The van der Waals surface area contributed by atoms with Crippen LogP contribution in [0.25, 0.3) is 11.1 Å². The standard InChI is InChI=1S/C23H26N2O5/c24-20(13-21(26)25-30-22-11-5-6-12-28-22)23(27)29-14-19-17-9-3-1-7-15(17)16-8-2-4-10-18(16)19/h1-4,7-10,19-20,22H,5-6,11-14,24H2,(H,25,26). The lowest BCUT2D eigenvalue weighted by Crippen LogP contribution is -2.40. The Morgan fingerprint density at radius 3 is 2.37 bits per heavy atom. The molecule has 3 N–H and O–H groups in total. The Balaban J connectivity index is 1.29. The number of carbonyl (C=O) groups excluding carboxylic acids is 2. The second-order valence-electron chi connectivity index (χ2n) is 7.61. The third-order valence-corrected chi connectivity index (χ3v) is 5.51. The Hall–Kier alpha value is -2.74. The van der Waals surface area contributed by atoms with Gasteiger partial charge in [0.25, 0.3) is 0 Å². The fraction of sp³-hybridized carbons (Fsp3) is 0.391. The van der Waals surface area contributed by atoms with Crippen molar-refractivity contribution in [3.8, 4) is 11.1 Å². The summed E-state index contributed by atoms with van der Waals surface area (Å²) in [7, 11) is 0. The van der Waals surface area contributed by atoms with Gasteiger partial charge in [-0.1, -0.05) is 48.5 Å². The van der Waals surface area contributed by atoms with Gasteiger partial charge < -0.3 is 15.2 Å². The van der Waals surface area contributed by atoms with Gasteiger partial charge in [0.1, 0.15) is 12.6 Å². The highest BCUT2D eigenvalue weighted by atomic mass is 16.8. The summed E-state index contributed by atoms with van der Waals surface area (Å²) >= 11 is 0. The average Bonchev–Trinajstić information content (AvgIpc) is 3.10. The van der Waals surface area contributed by atoms with Crippen molar-refractivity contribution >= 4 is 11.9 Å². The Morgan fingerprint density at radius 2 is 1.73 bits per heavy atom. The van der Waals surface area contributed by atoms with Crippen LogP contribution in [0.3, 0.4) is 0 Å². The number of benzene rings is 2. The van der Waals surface area contributed by atoms with E-state index in [-0.39, 0.29) is 18.9 Å². The first-order valence-electron chi connectivity index (χ1n) is 10.3. The van der Waals surface area contributed by atoms with E-state index in [4.69, 9.17) is 20.0 Å². The molecule has 2 aromatic rings. The molecule has 158 valence electrons. The van der Waals surface area contributed by atoms with Crippen molar-refractivity contribution in [1.82, 2.24) is 5.48 Å². The molecular formula is C23H26N2O5. The lowest BCUT2D eigenvalue weighted by Gasteiger charge is -2.22. The van der Waals surface area contributed by atoms with E-state index in [9.17, 15) is 9.59 Å². The van der Waals surface area contributed by atoms with Crippen LogP contribution in [0.4, 0.5) is 0 Å². The molecule has 1 saturated heterocycles. The molecule has 4 rings (SSSR count). The molecule has 2 aliphatic rings. The Bertz CT molecular complexity index is 864. The largest absolute Gasteiger partial charge is 0.464 e. The molecule has 0 aromatic heterocycles. The topological polar surface area (TPSA) is 99.9 Å². The molecule has 30 heavy (non-hydrogen) atoms. The van der Waals surface area contributed by atoms with Crippen LogP contribution in [-0.4, -0.2) is 37.4 Å². The van der Waals surface area contributed by atoms with Crippen LogP contribution >= 0.6 is 0 Å². The van der Waals surface area contributed by atoms with Crippen LogP contribution in [0, 0.1) is 0 Å². The molecule has 7 heteroatoms. The first kappa shape index (κ1) is 20.5. The third-order valence-electron chi connectivity index (χ3n) is 5.51. The number of rotatable bonds is 7. The Labute approximate surface area is 175 Å². The summed E-state index contributed by atoms with van der Waals surface area (Å²) in [5.74, 6) is -1.14. The maximum atomic E-state index is 12.4. The molecule has 1 heterocycles. The van der Waals surface area contributed by atoms with Crippen LogP contribution in [-0.2, 0) is 23.9 Å². The van der Waals surface area contributed by atoms with E-state index in [2.05, 4.69) is 17.6 Å². The van der Waals surface area contributed by atoms with E-state index in [1.54, 1.807) is 0 Å². The molecule has 0 radical (unpaired) electrons. The number of ether oxygens (including phenoxy) is 2. The van der Waals surface area contributed by atoms with Crippen LogP contribution in [0.5, 0.6) is 0 Å². The number of amides is 1. The van der Waals surface area contributed by atoms with Crippen molar-refractivity contribution in [2.45, 2.75) is 43.9 Å². The summed E-state index contributed by atoms with van der Waals surface area (Å²) in [5.41, 5.74) is 12.7. The lowest BCUT2D eigenvalue weighted by atomic mass is 9.98. The molecule has 7 nitrogen and oxygen atoms in total. The molecule has 1 aliphatic carbocycles. The first-order chi connectivity index (χ1) is 14.6. The van der Waals surface area contributed by atoms with Crippen molar-refractivity contribution in [3.63, 3.8) is 0 Å². The number of hydroxylamine groups is 1. The van der Waals surface area contributed by atoms with Gasteiger partial charge in [-0.25, -0.2) is 10.3 Å². The van der Waals surface area contributed by atoms with Gasteiger partial charge in [0, 0.05) is 18.9 Å². The van der Waals surface area contributed by atoms with Crippen LogP contribution < -0.4 is 11.2 Å².